The molecule has 0 spiro atoms. The van der Waals surface area contributed by atoms with Gasteiger partial charge in [-0.05, 0) is 38.2 Å². The fourth-order valence-electron chi connectivity index (χ4n) is 5.19. The Balaban J connectivity index is 1.02. The van der Waals surface area contributed by atoms with E-state index in [1.165, 1.54) is 0 Å². The van der Waals surface area contributed by atoms with Gasteiger partial charge in [0.15, 0.2) is 8.32 Å². The van der Waals surface area contributed by atoms with Gasteiger partial charge in [-0.3, -0.25) is 29.4 Å². The van der Waals surface area contributed by atoms with E-state index in [9.17, 15) is 19.2 Å². The fourth-order valence-corrected chi connectivity index (χ4v) is 5.88. The van der Waals surface area contributed by atoms with E-state index in [-0.39, 0.29) is 24.0 Å². The van der Waals surface area contributed by atoms with Gasteiger partial charge in [-0.25, -0.2) is 0 Å². The number of hydrogen-bond acceptors (Lipinski definition) is 15. The summed E-state index contributed by atoms with van der Waals surface area (Å²) in [6.45, 7) is 15.9. The predicted molar refractivity (Wildman–Crippen MR) is 198 cm³/mol. The van der Waals surface area contributed by atoms with Crippen molar-refractivity contribution in [2.24, 2.45) is 0 Å². The van der Waals surface area contributed by atoms with Crippen molar-refractivity contribution in [3.05, 3.63) is 29.3 Å². The second-order valence-corrected chi connectivity index (χ2v) is 17.6. The van der Waals surface area contributed by atoms with Crippen LogP contribution in [0.5, 0.6) is 0 Å². The van der Waals surface area contributed by atoms with Crippen molar-refractivity contribution < 1.29 is 66.2 Å². The highest BCUT2D eigenvalue weighted by atomic mass is 28.4. The lowest BCUT2D eigenvalue weighted by Crippen LogP contribution is -2.54. The zero-order valence-electron chi connectivity index (χ0n) is 32.0. The molecule has 0 saturated carbocycles. The highest BCUT2D eigenvalue weighted by molar-refractivity contribution is 6.69. The molecule has 3 rings (SSSR count). The van der Waals surface area contributed by atoms with Crippen LogP contribution in [0.1, 0.15) is 33.6 Å². The van der Waals surface area contributed by atoms with Crippen molar-refractivity contribution in [2.75, 3.05) is 137 Å². The molecule has 4 amide bonds. The first-order chi connectivity index (χ1) is 26.2. The highest BCUT2D eigenvalue weighted by Gasteiger charge is 2.45. The lowest BCUT2D eigenvalue weighted by Gasteiger charge is -2.27. The molecule has 1 atom stereocenters. The van der Waals surface area contributed by atoms with Gasteiger partial charge < -0.3 is 52.4 Å². The average molecular weight is 786 g/mol. The number of carbonyl (C=O) groups excluding carboxylic acids is 4. The molecule has 306 valence electrons. The zero-order chi connectivity index (χ0) is 38.9. The van der Waals surface area contributed by atoms with E-state index in [2.05, 4.69) is 30.3 Å². The van der Waals surface area contributed by atoms with Crippen LogP contribution in [0.4, 0.5) is 5.69 Å². The maximum atomic E-state index is 13.2. The summed E-state index contributed by atoms with van der Waals surface area (Å²) in [5.74, 6) is -2.16. The number of anilines is 1. The molecule has 54 heavy (non-hydrogen) atoms. The van der Waals surface area contributed by atoms with Crippen molar-refractivity contribution in [3.8, 4) is 0 Å². The van der Waals surface area contributed by atoms with Crippen LogP contribution in [0.25, 0.3) is 0 Å². The number of ether oxygens (including phenoxy) is 9. The molecule has 1 aromatic rings. The van der Waals surface area contributed by atoms with Crippen LogP contribution in [0.2, 0.25) is 19.6 Å². The minimum Gasteiger partial charge on any atom is -0.415 e. The molecule has 1 aromatic carbocycles. The van der Waals surface area contributed by atoms with Gasteiger partial charge in [-0.15, -0.1) is 0 Å². The molecule has 17 nitrogen and oxygen atoms in total. The normalized spacial score (nSPS) is 16.0. The average Bonchev–Trinajstić information content (AvgIpc) is 3.39. The molecule has 0 radical (unpaired) electrons. The maximum Gasteiger partial charge on any atom is 0.264 e. The van der Waals surface area contributed by atoms with E-state index in [4.69, 9.17) is 47.1 Å². The summed E-state index contributed by atoms with van der Waals surface area (Å²) in [4.78, 5) is 50.8. The summed E-state index contributed by atoms with van der Waals surface area (Å²) in [6.07, 6.45) is 0.172. The van der Waals surface area contributed by atoms with Gasteiger partial charge in [0.1, 0.15) is 6.04 Å². The van der Waals surface area contributed by atoms with Gasteiger partial charge in [0.2, 0.25) is 11.8 Å². The number of nitrogens with one attached hydrogen (secondary N) is 2. The van der Waals surface area contributed by atoms with E-state index in [1.807, 2.05) is 0 Å². The lowest BCUT2D eigenvalue weighted by molar-refractivity contribution is -0.136. The number of fused-ring (bicyclic) bond motifs is 1. The first-order valence-corrected chi connectivity index (χ1v) is 22.0. The Morgan fingerprint density at radius 3 is 1.46 bits per heavy atom. The second kappa shape index (κ2) is 26.8. The smallest absolute Gasteiger partial charge is 0.264 e. The van der Waals surface area contributed by atoms with Crippen molar-refractivity contribution in [1.82, 2.24) is 10.2 Å². The summed E-state index contributed by atoms with van der Waals surface area (Å²) >= 11 is 0. The number of rotatable bonds is 33. The van der Waals surface area contributed by atoms with E-state index >= 15 is 0 Å². The van der Waals surface area contributed by atoms with Crippen molar-refractivity contribution in [3.63, 3.8) is 0 Å². The largest absolute Gasteiger partial charge is 0.415 e. The molecule has 2 aliphatic heterocycles. The minimum absolute atomic E-state index is 0.0668. The predicted octanol–water partition coefficient (Wildman–Crippen LogP) is 1.50. The summed E-state index contributed by atoms with van der Waals surface area (Å²) in [5.41, 5.74) is 0.911. The molecular formula is C36H59N3O14Si. The van der Waals surface area contributed by atoms with Crippen LogP contribution in [0.15, 0.2) is 18.2 Å². The first-order valence-electron chi connectivity index (χ1n) is 18.6. The molecule has 18 heteroatoms. The van der Waals surface area contributed by atoms with Crippen LogP contribution in [-0.2, 0) is 56.6 Å². The van der Waals surface area contributed by atoms with Crippen molar-refractivity contribution >= 4 is 37.6 Å². The summed E-state index contributed by atoms with van der Waals surface area (Å²) in [5, 5.41) is 5.33. The SMILES string of the molecule is C[Si](C)(C)OCCOCCOCCOCCOCCOCCOCCOCCOCCOCCNc1cccc2c1C(=O)N(C1CCC(=O)NC1=O)C2=O. The molecule has 1 fully saturated rings. The van der Waals surface area contributed by atoms with Crippen LogP contribution < -0.4 is 10.6 Å². The molecule has 0 bridgehead atoms. The molecule has 0 aromatic heterocycles. The quantitative estimate of drug-likeness (QED) is 0.0593. The van der Waals surface area contributed by atoms with Gasteiger partial charge in [0, 0.05) is 18.7 Å². The van der Waals surface area contributed by atoms with Gasteiger partial charge in [-0.2, -0.15) is 0 Å². The molecule has 2 N–H and O–H groups in total. The molecule has 1 unspecified atom stereocenters. The second-order valence-electron chi connectivity index (χ2n) is 13.1. The number of piperidine rings is 1. The standard InChI is InChI=1S/C36H59N3O14Si/c1-54(2,3)53-28-27-52-26-25-51-24-23-50-22-21-49-20-19-48-18-17-47-16-15-46-14-13-45-12-11-44-10-9-37-30-6-4-5-29-33(30)36(43)39(35(29)42)31-7-8-32(40)38-34(31)41/h4-6,31,37H,7-28H2,1-3H3,(H,38,40,41). The Morgan fingerprint density at radius 1 is 0.611 bits per heavy atom. The van der Waals surface area contributed by atoms with Crippen molar-refractivity contribution in [2.45, 2.75) is 38.5 Å². The molecule has 2 aliphatic rings. The van der Waals surface area contributed by atoms with Gasteiger partial charge in [0.05, 0.1) is 137 Å². The molecule has 2 heterocycles. The van der Waals surface area contributed by atoms with Crippen LogP contribution >= 0.6 is 0 Å². The Morgan fingerprint density at radius 2 is 1.04 bits per heavy atom. The monoisotopic (exact) mass is 785 g/mol. The van der Waals surface area contributed by atoms with E-state index in [0.29, 0.717) is 138 Å². The van der Waals surface area contributed by atoms with Gasteiger partial charge in [0.25, 0.3) is 11.8 Å². The third-order valence-corrected chi connectivity index (χ3v) is 8.84. The van der Waals surface area contributed by atoms with Gasteiger partial charge in [-0.1, -0.05) is 6.07 Å². The van der Waals surface area contributed by atoms with E-state index in [0.717, 1.165) is 4.90 Å². The van der Waals surface area contributed by atoms with Crippen LogP contribution in [0.3, 0.4) is 0 Å². The number of hydrogen-bond donors (Lipinski definition) is 2. The lowest BCUT2D eigenvalue weighted by atomic mass is 10.0. The number of carbonyl (C=O) groups is 4. The number of imide groups is 2. The maximum absolute atomic E-state index is 13.2. The number of amides is 4. The van der Waals surface area contributed by atoms with Crippen molar-refractivity contribution in [1.29, 1.82) is 0 Å². The number of nitrogens with zero attached hydrogens (tertiary/aromatic N) is 1. The Hall–Kier alpha value is -2.88. The zero-order valence-corrected chi connectivity index (χ0v) is 33.0. The van der Waals surface area contributed by atoms with Crippen LogP contribution in [0, 0.1) is 0 Å². The molecule has 1 saturated heterocycles. The highest BCUT2D eigenvalue weighted by Crippen LogP contribution is 2.32. The summed E-state index contributed by atoms with van der Waals surface area (Å²) in [6, 6.07) is 3.91. The minimum atomic E-state index is -1.47. The van der Waals surface area contributed by atoms with E-state index < -0.39 is 38.0 Å². The summed E-state index contributed by atoms with van der Waals surface area (Å²) in [7, 11) is -1.47. The molecule has 0 aliphatic carbocycles. The molecular weight excluding hydrogens is 726 g/mol. The topological polar surface area (TPSA) is 188 Å². The first kappa shape index (κ1) is 45.5. The fraction of sp³-hybridized carbons (Fsp3) is 0.722. The number of benzene rings is 1. The van der Waals surface area contributed by atoms with Gasteiger partial charge >= 0.3 is 0 Å². The Bertz CT molecular complexity index is 1270. The summed E-state index contributed by atoms with van der Waals surface area (Å²) < 4.78 is 55.2. The Labute approximate surface area is 319 Å². The third-order valence-electron chi connectivity index (χ3n) is 7.77. The van der Waals surface area contributed by atoms with E-state index in [1.54, 1.807) is 18.2 Å². The third kappa shape index (κ3) is 18.2. The Kier molecular flexibility index (Phi) is 22.6. The van der Waals surface area contributed by atoms with Crippen LogP contribution in [-0.4, -0.2) is 175 Å².